The minimum absolute atomic E-state index is 0.125. The molecule has 14 heavy (non-hydrogen) atoms. The Morgan fingerprint density at radius 2 is 1.57 bits per heavy atom. The molecule has 0 unspecified atom stereocenters. The van der Waals surface area contributed by atoms with Gasteiger partial charge in [-0.15, -0.1) is 0 Å². The average molecular weight is 239 g/mol. The van der Waals surface area contributed by atoms with Crippen LogP contribution < -0.4 is 5.32 Å². The van der Waals surface area contributed by atoms with Crippen LogP contribution in [-0.2, 0) is 13.6 Å². The summed E-state index contributed by atoms with van der Waals surface area (Å²) in [5, 5.41) is 2.63. The summed E-state index contributed by atoms with van der Waals surface area (Å²) in [4.78, 5) is 0. The monoisotopic (exact) mass is 239 g/mol. The molecule has 0 saturated carbocycles. The minimum Gasteiger partial charge on any atom is -0.373 e. The van der Waals surface area contributed by atoms with Gasteiger partial charge in [-0.3, -0.25) is 4.57 Å². The first kappa shape index (κ1) is 14.0. The molecule has 0 atom stereocenters. The molecule has 0 rings (SSSR count). The predicted octanol–water partition coefficient (Wildman–Crippen LogP) is 2.53. The maximum absolute atomic E-state index is 12.1. The summed E-state index contributed by atoms with van der Waals surface area (Å²) in [6, 6.07) is 0. The van der Waals surface area contributed by atoms with Crippen molar-refractivity contribution in [2.45, 2.75) is 39.9 Å². The highest BCUT2D eigenvalue weighted by Crippen LogP contribution is 2.51. The maximum atomic E-state index is 12.1. The van der Waals surface area contributed by atoms with Crippen molar-refractivity contribution < 1.29 is 13.6 Å². The van der Waals surface area contributed by atoms with Crippen molar-refractivity contribution in [3.05, 3.63) is 0 Å². The lowest BCUT2D eigenvalue weighted by atomic mass is 10.5. The summed E-state index contributed by atoms with van der Waals surface area (Å²) >= 11 is 4.90. The van der Waals surface area contributed by atoms with Crippen molar-refractivity contribution in [2.24, 2.45) is 0 Å². The lowest BCUT2D eigenvalue weighted by Crippen LogP contribution is -2.22. The van der Waals surface area contributed by atoms with Crippen LogP contribution in [-0.4, -0.2) is 24.0 Å². The van der Waals surface area contributed by atoms with Gasteiger partial charge in [0.1, 0.15) is 0 Å². The summed E-state index contributed by atoms with van der Waals surface area (Å²) in [6.07, 6.45) is -0.378. The van der Waals surface area contributed by atoms with E-state index in [0.29, 0.717) is 0 Å². The number of thiocarbonyl (C=S) groups is 1. The van der Waals surface area contributed by atoms with E-state index in [1.807, 2.05) is 0 Å². The van der Waals surface area contributed by atoms with Crippen molar-refractivity contribution in [2.75, 3.05) is 7.05 Å². The van der Waals surface area contributed by atoms with Gasteiger partial charge in [-0.2, -0.15) is 0 Å². The lowest BCUT2D eigenvalue weighted by molar-refractivity contribution is 0.152. The van der Waals surface area contributed by atoms with Crippen molar-refractivity contribution >= 4 is 24.5 Å². The van der Waals surface area contributed by atoms with Crippen LogP contribution in [0.15, 0.2) is 0 Å². The number of rotatable bonds is 5. The zero-order valence-electron chi connectivity index (χ0n) is 9.23. The van der Waals surface area contributed by atoms with E-state index in [9.17, 15) is 4.57 Å². The molecular weight excluding hydrogens is 221 g/mol. The van der Waals surface area contributed by atoms with E-state index < -0.39 is 7.60 Å². The smallest absolute Gasteiger partial charge is 0.373 e. The molecule has 0 radical (unpaired) electrons. The number of hydrogen-bond donors (Lipinski definition) is 1. The van der Waals surface area contributed by atoms with E-state index in [1.165, 1.54) is 0 Å². The molecular formula is C8H18NO3PS. The third-order valence-electron chi connectivity index (χ3n) is 1.16. The van der Waals surface area contributed by atoms with E-state index in [-0.39, 0.29) is 16.9 Å². The fourth-order valence-electron chi connectivity index (χ4n) is 0.813. The molecule has 0 spiro atoms. The summed E-state index contributed by atoms with van der Waals surface area (Å²) < 4.78 is 22.7. The van der Waals surface area contributed by atoms with Gasteiger partial charge in [-0.05, 0) is 27.7 Å². The summed E-state index contributed by atoms with van der Waals surface area (Å²) in [7, 11) is -1.70. The van der Waals surface area contributed by atoms with Crippen LogP contribution in [0.25, 0.3) is 0 Å². The van der Waals surface area contributed by atoms with Gasteiger partial charge >= 0.3 is 7.60 Å². The molecule has 6 heteroatoms. The zero-order valence-corrected chi connectivity index (χ0v) is 10.9. The molecule has 0 saturated heterocycles. The topological polar surface area (TPSA) is 47.6 Å². The molecule has 0 heterocycles. The first-order valence-electron chi connectivity index (χ1n) is 4.51. The van der Waals surface area contributed by atoms with Crippen LogP contribution in [0.4, 0.5) is 0 Å². The molecule has 4 nitrogen and oxygen atoms in total. The largest absolute Gasteiger partial charge is 0.388 e. The normalized spacial score (nSPS) is 12.2. The van der Waals surface area contributed by atoms with Crippen LogP contribution in [0.1, 0.15) is 27.7 Å². The molecule has 0 aromatic carbocycles. The van der Waals surface area contributed by atoms with Crippen molar-refractivity contribution in [1.29, 1.82) is 0 Å². The molecule has 1 N–H and O–H groups in total. The minimum atomic E-state index is -3.30. The third kappa shape index (κ3) is 4.51. The van der Waals surface area contributed by atoms with E-state index in [1.54, 1.807) is 34.7 Å². The summed E-state index contributed by atoms with van der Waals surface area (Å²) in [6.45, 7) is 7.15. The van der Waals surface area contributed by atoms with Crippen molar-refractivity contribution in [3.63, 3.8) is 0 Å². The first-order valence-corrected chi connectivity index (χ1v) is 6.46. The standard InChI is InChI=1S/C8H18NO3PS/c1-6(2)11-13(10,8(14)9-5)12-7(3)4/h6-7H,1-5H3,(H,9,14). The van der Waals surface area contributed by atoms with Crippen LogP contribution in [0.5, 0.6) is 0 Å². The van der Waals surface area contributed by atoms with E-state index in [4.69, 9.17) is 21.3 Å². The second-order valence-electron chi connectivity index (χ2n) is 3.36. The van der Waals surface area contributed by atoms with Gasteiger partial charge in [0.15, 0.2) is 4.73 Å². The van der Waals surface area contributed by atoms with Crippen LogP contribution >= 0.6 is 19.8 Å². The molecule has 0 aliphatic heterocycles. The van der Waals surface area contributed by atoms with Crippen molar-refractivity contribution in [1.82, 2.24) is 5.32 Å². The molecule has 0 aliphatic rings. The van der Waals surface area contributed by atoms with Gasteiger partial charge in [0.2, 0.25) is 0 Å². The SMILES string of the molecule is CNC(=S)P(=O)(OC(C)C)OC(C)C. The Hall–Kier alpha value is 0.0400. The van der Waals surface area contributed by atoms with Crippen LogP contribution in [0.2, 0.25) is 0 Å². The molecule has 0 aromatic heterocycles. The Balaban J connectivity index is 4.67. The van der Waals surface area contributed by atoms with Gasteiger partial charge in [-0.1, -0.05) is 12.2 Å². The van der Waals surface area contributed by atoms with Gasteiger partial charge in [-0.25, -0.2) is 0 Å². The average Bonchev–Trinajstić information content (AvgIpc) is 1.99. The van der Waals surface area contributed by atoms with Gasteiger partial charge in [0.05, 0.1) is 12.2 Å². The predicted molar refractivity (Wildman–Crippen MR) is 61.7 cm³/mol. The van der Waals surface area contributed by atoms with E-state index >= 15 is 0 Å². The zero-order chi connectivity index (χ0) is 11.4. The Bertz CT molecular complexity index is 229. The van der Waals surface area contributed by atoms with Gasteiger partial charge in [0, 0.05) is 7.05 Å². The highest BCUT2D eigenvalue weighted by molar-refractivity contribution is 7.97. The molecule has 0 aliphatic carbocycles. The van der Waals surface area contributed by atoms with E-state index in [0.717, 1.165) is 0 Å². The quantitative estimate of drug-likeness (QED) is 0.590. The Labute approximate surface area is 90.9 Å². The number of nitrogens with one attached hydrogen (secondary N) is 1. The van der Waals surface area contributed by atoms with Crippen molar-refractivity contribution in [3.8, 4) is 0 Å². The Morgan fingerprint density at radius 1 is 1.21 bits per heavy atom. The van der Waals surface area contributed by atoms with Crippen LogP contribution in [0.3, 0.4) is 0 Å². The van der Waals surface area contributed by atoms with Crippen LogP contribution in [0, 0.1) is 0 Å². The fraction of sp³-hybridized carbons (Fsp3) is 0.875. The highest BCUT2D eigenvalue weighted by Gasteiger charge is 2.32. The summed E-state index contributed by atoms with van der Waals surface area (Å²) in [5.41, 5.74) is 0. The lowest BCUT2D eigenvalue weighted by Gasteiger charge is -2.22. The van der Waals surface area contributed by atoms with E-state index in [2.05, 4.69) is 5.32 Å². The first-order chi connectivity index (χ1) is 6.31. The second kappa shape index (κ2) is 5.81. The molecule has 0 fully saturated rings. The summed E-state index contributed by atoms with van der Waals surface area (Å²) in [5.74, 6) is 0. The highest BCUT2D eigenvalue weighted by atomic mass is 32.1. The van der Waals surface area contributed by atoms with Gasteiger partial charge in [0.25, 0.3) is 0 Å². The second-order valence-corrected chi connectivity index (χ2v) is 5.94. The maximum Gasteiger partial charge on any atom is 0.388 e. The molecule has 84 valence electrons. The Morgan fingerprint density at radius 3 is 1.79 bits per heavy atom. The fourth-order valence-corrected chi connectivity index (χ4v) is 2.70. The molecule has 0 bridgehead atoms. The van der Waals surface area contributed by atoms with Gasteiger partial charge < -0.3 is 14.4 Å². The molecule has 0 aromatic rings. The Kier molecular flexibility index (Phi) is 5.83. The molecule has 0 amide bonds. The number of hydrogen-bond acceptors (Lipinski definition) is 4. The third-order valence-corrected chi connectivity index (χ3v) is 4.16.